The Hall–Kier alpha value is -1.59. The van der Waals surface area contributed by atoms with Gasteiger partial charge in [0.25, 0.3) is 0 Å². The molecule has 0 saturated carbocycles. The molecule has 1 atom stereocenters. The summed E-state index contributed by atoms with van der Waals surface area (Å²) in [5, 5.41) is 10.8. The summed E-state index contributed by atoms with van der Waals surface area (Å²) in [4.78, 5) is 8.09. The van der Waals surface area contributed by atoms with Gasteiger partial charge in [0.1, 0.15) is 5.03 Å². The molecule has 0 aliphatic rings. The molecular weight excluding hydrogens is 234 g/mol. The van der Waals surface area contributed by atoms with Crippen LogP contribution in [0.4, 0.5) is 5.69 Å². The van der Waals surface area contributed by atoms with Gasteiger partial charge in [-0.3, -0.25) is 4.98 Å². The summed E-state index contributed by atoms with van der Waals surface area (Å²) < 4.78 is 0. The molecule has 1 heterocycles. The molecule has 3 N–H and O–H groups in total. The van der Waals surface area contributed by atoms with E-state index in [9.17, 15) is 5.11 Å². The van der Waals surface area contributed by atoms with Crippen molar-refractivity contribution >= 4 is 17.4 Å². The van der Waals surface area contributed by atoms with E-state index in [-0.39, 0.29) is 0 Å². The number of aromatic nitrogens is 2. The number of nitrogens with zero attached hydrogens (tertiary/aromatic N) is 2. The molecule has 0 aliphatic carbocycles. The maximum atomic E-state index is 9.98. The van der Waals surface area contributed by atoms with Gasteiger partial charge in [-0.2, -0.15) is 0 Å². The van der Waals surface area contributed by atoms with E-state index in [0.29, 0.717) is 11.4 Å². The zero-order valence-electron chi connectivity index (χ0n) is 9.15. The molecule has 1 aromatic carbocycles. The topological polar surface area (TPSA) is 72.0 Å². The van der Waals surface area contributed by atoms with E-state index >= 15 is 0 Å². The number of nitrogen functional groups attached to an aromatic ring is 1. The van der Waals surface area contributed by atoms with Crippen molar-refractivity contribution in [3.05, 3.63) is 48.4 Å². The molecule has 1 unspecified atom stereocenters. The fourth-order valence-corrected chi connectivity index (χ4v) is 2.18. The van der Waals surface area contributed by atoms with Gasteiger partial charge >= 0.3 is 0 Å². The minimum Gasteiger partial charge on any atom is -0.399 e. The number of nitrogens with two attached hydrogens (primary N) is 1. The Bertz CT molecular complexity index is 478. The summed E-state index contributed by atoms with van der Waals surface area (Å²) in [5.74, 6) is 0.530. The van der Waals surface area contributed by atoms with Crippen LogP contribution in [-0.4, -0.2) is 20.8 Å². The maximum absolute atomic E-state index is 9.98. The molecule has 0 aliphatic heterocycles. The van der Waals surface area contributed by atoms with Crippen LogP contribution in [0.2, 0.25) is 0 Å². The predicted octanol–water partition coefficient (Wildman–Crippen LogP) is 1.88. The van der Waals surface area contributed by atoms with Gasteiger partial charge in [-0.25, -0.2) is 4.98 Å². The Morgan fingerprint density at radius 2 is 2.24 bits per heavy atom. The first-order valence-electron chi connectivity index (χ1n) is 5.18. The zero-order valence-corrected chi connectivity index (χ0v) is 9.97. The highest BCUT2D eigenvalue weighted by atomic mass is 32.2. The van der Waals surface area contributed by atoms with E-state index in [4.69, 9.17) is 5.73 Å². The average molecular weight is 247 g/mol. The molecule has 0 amide bonds. The quantitative estimate of drug-likeness (QED) is 0.637. The van der Waals surface area contributed by atoms with Crippen molar-refractivity contribution < 1.29 is 5.11 Å². The Kier molecular flexibility index (Phi) is 3.95. The molecule has 0 bridgehead atoms. The van der Waals surface area contributed by atoms with Crippen molar-refractivity contribution in [1.82, 2.24) is 9.97 Å². The van der Waals surface area contributed by atoms with Crippen molar-refractivity contribution in [2.45, 2.75) is 11.1 Å². The van der Waals surface area contributed by atoms with Crippen molar-refractivity contribution in [3.63, 3.8) is 0 Å². The van der Waals surface area contributed by atoms with E-state index in [2.05, 4.69) is 9.97 Å². The molecule has 4 nitrogen and oxygen atoms in total. The summed E-state index contributed by atoms with van der Waals surface area (Å²) in [7, 11) is 0. The number of aliphatic hydroxyl groups excluding tert-OH is 1. The number of aliphatic hydroxyl groups is 1. The number of thioether (sulfide) groups is 1. The Balaban J connectivity index is 1.96. The van der Waals surface area contributed by atoms with Crippen LogP contribution in [0.5, 0.6) is 0 Å². The molecule has 2 aromatic rings. The predicted molar refractivity (Wildman–Crippen MR) is 68.6 cm³/mol. The van der Waals surface area contributed by atoms with Crippen LogP contribution in [0.1, 0.15) is 11.7 Å². The lowest BCUT2D eigenvalue weighted by atomic mass is 10.1. The van der Waals surface area contributed by atoms with Gasteiger partial charge in [0.15, 0.2) is 0 Å². The van der Waals surface area contributed by atoms with Crippen LogP contribution < -0.4 is 5.73 Å². The summed E-state index contributed by atoms with van der Waals surface area (Å²) in [6, 6.07) is 7.27. The van der Waals surface area contributed by atoms with Gasteiger partial charge < -0.3 is 10.8 Å². The minimum atomic E-state index is -0.550. The molecule has 0 spiro atoms. The second-order valence-corrected chi connectivity index (χ2v) is 4.58. The van der Waals surface area contributed by atoms with Crippen LogP contribution in [0.15, 0.2) is 47.9 Å². The Morgan fingerprint density at radius 1 is 1.35 bits per heavy atom. The first-order valence-corrected chi connectivity index (χ1v) is 6.16. The van der Waals surface area contributed by atoms with Gasteiger partial charge in [0, 0.05) is 23.8 Å². The van der Waals surface area contributed by atoms with Crippen LogP contribution in [0.25, 0.3) is 0 Å². The number of anilines is 1. The minimum absolute atomic E-state index is 0.530. The maximum Gasteiger partial charge on any atom is 0.114 e. The number of benzene rings is 1. The molecule has 17 heavy (non-hydrogen) atoms. The van der Waals surface area contributed by atoms with Gasteiger partial charge in [-0.1, -0.05) is 12.1 Å². The van der Waals surface area contributed by atoms with Gasteiger partial charge in [0.05, 0.1) is 12.3 Å². The SMILES string of the molecule is Nc1cccc(C(O)CSc2cnccn2)c1. The molecule has 88 valence electrons. The normalized spacial score (nSPS) is 12.3. The van der Waals surface area contributed by atoms with Crippen LogP contribution in [0, 0.1) is 0 Å². The second-order valence-electron chi connectivity index (χ2n) is 3.54. The molecular formula is C12H13N3OS. The van der Waals surface area contributed by atoms with Crippen molar-refractivity contribution in [1.29, 1.82) is 0 Å². The average Bonchev–Trinajstić information content (AvgIpc) is 2.37. The van der Waals surface area contributed by atoms with E-state index in [0.717, 1.165) is 10.6 Å². The zero-order chi connectivity index (χ0) is 12.1. The second kappa shape index (κ2) is 5.65. The first kappa shape index (κ1) is 11.9. The van der Waals surface area contributed by atoms with E-state index in [1.54, 1.807) is 30.7 Å². The van der Waals surface area contributed by atoms with E-state index in [1.807, 2.05) is 12.1 Å². The number of rotatable bonds is 4. The van der Waals surface area contributed by atoms with Gasteiger partial charge in [-0.05, 0) is 17.7 Å². The number of hydrogen-bond acceptors (Lipinski definition) is 5. The molecule has 5 heteroatoms. The monoisotopic (exact) mass is 247 g/mol. The molecule has 1 aromatic heterocycles. The van der Waals surface area contributed by atoms with E-state index in [1.165, 1.54) is 11.8 Å². The summed E-state index contributed by atoms with van der Waals surface area (Å²) >= 11 is 1.46. The first-order chi connectivity index (χ1) is 8.25. The third kappa shape index (κ3) is 3.44. The van der Waals surface area contributed by atoms with Crippen molar-refractivity contribution in [2.24, 2.45) is 0 Å². The Labute approximate surface area is 104 Å². The number of hydrogen-bond donors (Lipinski definition) is 2. The standard InChI is InChI=1S/C12H13N3OS/c13-10-3-1-2-9(6-10)11(16)8-17-12-7-14-4-5-15-12/h1-7,11,16H,8,13H2. The Morgan fingerprint density at radius 3 is 2.94 bits per heavy atom. The smallest absolute Gasteiger partial charge is 0.114 e. The van der Waals surface area contributed by atoms with Crippen LogP contribution in [0.3, 0.4) is 0 Å². The lowest BCUT2D eigenvalue weighted by Gasteiger charge is -2.10. The lowest BCUT2D eigenvalue weighted by molar-refractivity contribution is 0.204. The molecule has 0 radical (unpaired) electrons. The van der Waals surface area contributed by atoms with Crippen LogP contribution >= 0.6 is 11.8 Å². The fraction of sp³-hybridized carbons (Fsp3) is 0.167. The highest BCUT2D eigenvalue weighted by Gasteiger charge is 2.08. The largest absolute Gasteiger partial charge is 0.399 e. The summed E-state index contributed by atoms with van der Waals surface area (Å²) in [6.07, 6.45) is 4.38. The fourth-order valence-electron chi connectivity index (χ4n) is 1.39. The van der Waals surface area contributed by atoms with E-state index < -0.39 is 6.10 Å². The third-order valence-electron chi connectivity index (χ3n) is 2.22. The third-order valence-corrected chi connectivity index (χ3v) is 3.21. The highest BCUT2D eigenvalue weighted by Crippen LogP contribution is 2.23. The highest BCUT2D eigenvalue weighted by molar-refractivity contribution is 7.99. The van der Waals surface area contributed by atoms with Crippen LogP contribution in [-0.2, 0) is 0 Å². The van der Waals surface area contributed by atoms with Gasteiger partial charge in [0.2, 0.25) is 0 Å². The summed E-state index contributed by atoms with van der Waals surface area (Å²) in [6.45, 7) is 0. The van der Waals surface area contributed by atoms with Crippen molar-refractivity contribution in [3.8, 4) is 0 Å². The molecule has 0 fully saturated rings. The lowest BCUT2D eigenvalue weighted by Crippen LogP contribution is -2.01. The molecule has 0 saturated heterocycles. The van der Waals surface area contributed by atoms with Gasteiger partial charge in [-0.15, -0.1) is 11.8 Å². The summed E-state index contributed by atoms with van der Waals surface area (Å²) in [5.41, 5.74) is 7.14. The molecule has 2 rings (SSSR count). The van der Waals surface area contributed by atoms with Crippen molar-refractivity contribution in [2.75, 3.05) is 11.5 Å².